The second kappa shape index (κ2) is 28.0. The van der Waals surface area contributed by atoms with E-state index in [9.17, 15) is 13.2 Å². The number of halogens is 6. The summed E-state index contributed by atoms with van der Waals surface area (Å²) in [5.74, 6) is 3.22. The standard InChI is InChI=1S/C22H15FN2O.C20H12ClFN2O.C12H10BFO3.C8H4Cl2N2.Pd/c1-2-21-24-20-6-4-3-5-19(20)22(25-21)15-7-11-17(12-8-15)26-18-13-9-16(23)10-14-18;21-20-23-18-4-2-1-3-17(18)19(24-20)13-5-9-15(10-6-13)25-16-11-7-14(22)8-12-16;14-10-3-7-12(8-4-10)17-11-5-1-9(2-6-11)13(15)16;9-7-5-3-1-2-4-6(5)11-8(10)12-7;/h2-14H,1H2;1-12H;1-8,15-16H;1-4H;. The molecule has 0 spiro atoms. The number of rotatable bonds is 10. The van der Waals surface area contributed by atoms with E-state index in [4.69, 9.17) is 59.1 Å². The van der Waals surface area contributed by atoms with E-state index in [-0.39, 0.29) is 48.4 Å². The summed E-state index contributed by atoms with van der Waals surface area (Å²) in [6.45, 7) is 3.77. The molecule has 0 saturated carbocycles. The molecule has 0 unspecified atom stereocenters. The van der Waals surface area contributed by atoms with E-state index >= 15 is 0 Å². The summed E-state index contributed by atoms with van der Waals surface area (Å²) in [5, 5.41) is 21.3. The Balaban J connectivity index is 0.000000146. The first-order valence-electron chi connectivity index (χ1n) is 24.2. The molecule has 0 bridgehead atoms. The second-order valence-electron chi connectivity index (χ2n) is 17.0. The molecule has 0 saturated heterocycles. The fourth-order valence-electron chi connectivity index (χ4n) is 7.67. The number of fused-ring (bicyclic) bond motifs is 3. The van der Waals surface area contributed by atoms with Gasteiger partial charge in [0.1, 0.15) is 57.1 Å². The number of ether oxygens (including phenoxy) is 3. The summed E-state index contributed by atoms with van der Waals surface area (Å²) in [4.78, 5) is 25.5. The summed E-state index contributed by atoms with van der Waals surface area (Å²) < 4.78 is 55.5. The smallest absolute Gasteiger partial charge is 0.457 e. The van der Waals surface area contributed by atoms with Crippen molar-refractivity contribution in [3.05, 3.63) is 264 Å². The maximum absolute atomic E-state index is 13.0. The maximum Gasteiger partial charge on any atom is 0.488 e. The van der Waals surface area contributed by atoms with Crippen molar-refractivity contribution in [2.75, 3.05) is 0 Å². The van der Waals surface area contributed by atoms with Gasteiger partial charge in [0, 0.05) is 47.7 Å². The molecule has 9 aromatic carbocycles. The van der Waals surface area contributed by atoms with Gasteiger partial charge in [-0.1, -0.05) is 78.8 Å². The molecule has 3 heterocycles. The van der Waals surface area contributed by atoms with Gasteiger partial charge in [-0.05, 0) is 192 Å². The Kier molecular flexibility index (Phi) is 20.3. The Morgan fingerprint density at radius 2 is 0.704 bits per heavy atom. The number of hydrogen-bond donors (Lipinski definition) is 2. The van der Waals surface area contributed by atoms with Gasteiger partial charge >= 0.3 is 7.12 Å². The molecule has 3 aromatic heterocycles. The van der Waals surface area contributed by atoms with Gasteiger partial charge in [0.15, 0.2) is 5.82 Å². The summed E-state index contributed by atoms with van der Waals surface area (Å²) in [7, 11) is -1.49. The molecular formula is C62H41BCl3F3N6O5Pd. The number of benzene rings is 9. The van der Waals surface area contributed by atoms with Gasteiger partial charge in [-0.25, -0.2) is 43.1 Å². The van der Waals surface area contributed by atoms with E-state index in [2.05, 4.69) is 36.5 Å². The van der Waals surface area contributed by atoms with Crippen LogP contribution in [0.5, 0.6) is 34.5 Å². The van der Waals surface area contributed by atoms with Crippen molar-refractivity contribution in [3.63, 3.8) is 0 Å². The summed E-state index contributed by atoms with van der Waals surface area (Å²) in [6.07, 6.45) is 1.64. The Morgan fingerprint density at radius 1 is 0.383 bits per heavy atom. The van der Waals surface area contributed by atoms with Gasteiger partial charge in [0.05, 0.1) is 27.9 Å². The van der Waals surface area contributed by atoms with Gasteiger partial charge in [-0.3, -0.25) is 0 Å². The average molecular weight is 1230 g/mol. The van der Waals surface area contributed by atoms with Gasteiger partial charge in [0.25, 0.3) is 0 Å². The van der Waals surface area contributed by atoms with E-state index in [1.807, 2.05) is 121 Å². The molecule has 81 heavy (non-hydrogen) atoms. The van der Waals surface area contributed by atoms with Crippen LogP contribution in [-0.2, 0) is 20.4 Å². The van der Waals surface area contributed by atoms with E-state index in [1.54, 1.807) is 54.6 Å². The van der Waals surface area contributed by atoms with Crippen molar-refractivity contribution < 1.29 is 57.9 Å². The molecule has 0 atom stereocenters. The third-order valence-electron chi connectivity index (χ3n) is 11.5. The Bertz CT molecular complexity index is 4050. The molecule has 0 fully saturated rings. The fraction of sp³-hybridized carbons (Fsp3) is 0. The van der Waals surface area contributed by atoms with E-state index < -0.39 is 7.12 Å². The van der Waals surface area contributed by atoms with Crippen LogP contribution in [0.1, 0.15) is 5.82 Å². The topological polar surface area (TPSA) is 145 Å². The molecule has 0 aliphatic carbocycles. The van der Waals surface area contributed by atoms with Crippen LogP contribution in [0.25, 0.3) is 61.3 Å². The van der Waals surface area contributed by atoms with E-state index in [0.717, 1.165) is 55.2 Å². The monoisotopic (exact) mass is 1230 g/mol. The number of nitrogens with zero attached hydrogens (tertiary/aromatic N) is 6. The first kappa shape index (κ1) is 58.6. The van der Waals surface area contributed by atoms with E-state index in [1.165, 1.54) is 48.5 Å². The first-order chi connectivity index (χ1) is 38.8. The predicted molar refractivity (Wildman–Crippen MR) is 310 cm³/mol. The number of aromatic nitrogens is 6. The number of hydrogen-bond acceptors (Lipinski definition) is 11. The molecule has 19 heteroatoms. The molecular weight excluding hydrogens is 1190 g/mol. The third kappa shape index (κ3) is 16.1. The maximum atomic E-state index is 13.0. The van der Waals surface area contributed by atoms with Crippen molar-refractivity contribution in [1.29, 1.82) is 0 Å². The summed E-state index contributed by atoms with van der Waals surface area (Å²) in [6, 6.07) is 61.9. The molecule has 0 radical (unpaired) electrons. The zero-order chi connectivity index (χ0) is 56.0. The minimum absolute atomic E-state index is 0. The molecule has 12 rings (SSSR count). The van der Waals surface area contributed by atoms with Crippen LogP contribution in [0.3, 0.4) is 0 Å². The molecule has 11 nitrogen and oxygen atoms in total. The summed E-state index contributed by atoms with van der Waals surface area (Å²) in [5.41, 5.74) is 6.30. The van der Waals surface area contributed by atoms with E-state index in [0.29, 0.717) is 50.9 Å². The van der Waals surface area contributed by atoms with Gasteiger partial charge in [-0.15, -0.1) is 0 Å². The normalized spacial score (nSPS) is 10.4. The van der Waals surface area contributed by atoms with Gasteiger partial charge in [-0.2, -0.15) is 0 Å². The molecule has 404 valence electrons. The Morgan fingerprint density at radius 3 is 1.10 bits per heavy atom. The summed E-state index contributed by atoms with van der Waals surface area (Å²) >= 11 is 17.5. The number of para-hydroxylation sites is 3. The average Bonchev–Trinajstić information content (AvgIpc) is 3.48. The van der Waals surface area contributed by atoms with Crippen molar-refractivity contribution in [2.45, 2.75) is 0 Å². The van der Waals surface area contributed by atoms with Crippen LogP contribution >= 0.6 is 34.8 Å². The van der Waals surface area contributed by atoms with Crippen LogP contribution in [0, 0.1) is 17.5 Å². The minimum Gasteiger partial charge on any atom is -0.457 e. The fourth-order valence-corrected chi connectivity index (χ4v) is 8.31. The first-order valence-corrected chi connectivity index (χ1v) is 25.3. The molecule has 12 aromatic rings. The minimum atomic E-state index is -1.49. The van der Waals surface area contributed by atoms with Crippen LogP contribution in [0.4, 0.5) is 13.2 Å². The second-order valence-corrected chi connectivity index (χ2v) is 18.0. The molecule has 0 amide bonds. The van der Waals surface area contributed by atoms with Crippen molar-refractivity contribution in [1.82, 2.24) is 29.9 Å². The third-order valence-corrected chi connectivity index (χ3v) is 12.1. The quantitative estimate of drug-likeness (QED) is 0.0767. The van der Waals surface area contributed by atoms with Crippen molar-refractivity contribution in [3.8, 4) is 57.0 Å². The SMILES string of the molecule is C=Cc1nc(-c2ccc(Oc3ccc(F)cc3)cc2)c2ccccc2n1.Clc1nc(Cl)c2ccccc2n1.Fc1ccc(Oc2ccc(-c3nc(Cl)nc4ccccc34)cc2)cc1.OB(O)c1ccc(Oc2ccc(F)cc2)cc1.[Pd]. The van der Waals surface area contributed by atoms with Gasteiger partial charge < -0.3 is 24.3 Å². The molecule has 2 N–H and O–H groups in total. The molecule has 0 aliphatic heterocycles. The zero-order valence-electron chi connectivity index (χ0n) is 42.0. The predicted octanol–water partition coefficient (Wildman–Crippen LogP) is 16.0. The molecule has 0 aliphatic rings. The Labute approximate surface area is 491 Å². The van der Waals surface area contributed by atoms with Crippen molar-refractivity contribution in [2.24, 2.45) is 0 Å². The van der Waals surface area contributed by atoms with Crippen LogP contribution in [-0.4, -0.2) is 47.1 Å². The largest absolute Gasteiger partial charge is 0.488 e. The zero-order valence-corrected chi connectivity index (χ0v) is 45.9. The van der Waals surface area contributed by atoms with Gasteiger partial charge in [0.2, 0.25) is 10.6 Å². The Hall–Kier alpha value is -8.55. The van der Waals surface area contributed by atoms with Crippen LogP contribution in [0.2, 0.25) is 15.7 Å². The van der Waals surface area contributed by atoms with Crippen LogP contribution in [0.15, 0.2) is 225 Å². The van der Waals surface area contributed by atoms with Crippen molar-refractivity contribution >= 4 is 86.2 Å². The van der Waals surface area contributed by atoms with Crippen LogP contribution < -0.4 is 19.7 Å².